The number of carbonyl (C=O) groups excluding carboxylic acids is 2. The van der Waals surface area contributed by atoms with Gasteiger partial charge in [-0.1, -0.05) is 12.1 Å². The van der Waals surface area contributed by atoms with Crippen molar-refractivity contribution in [1.82, 2.24) is 5.32 Å². The van der Waals surface area contributed by atoms with Crippen LogP contribution in [0.15, 0.2) is 24.3 Å². The van der Waals surface area contributed by atoms with E-state index in [1.54, 1.807) is 7.11 Å². The molecule has 1 amide bonds. The number of ether oxygens (including phenoxy) is 1. The Bertz CT molecular complexity index is 598. The molecule has 1 aromatic rings. The van der Waals surface area contributed by atoms with Gasteiger partial charge in [0.25, 0.3) is 0 Å². The van der Waals surface area contributed by atoms with Gasteiger partial charge >= 0.3 is 0 Å². The Kier molecular flexibility index (Phi) is 4.28. The topological polar surface area (TPSA) is 78.5 Å². The highest BCUT2D eigenvalue weighted by Gasteiger charge is 2.51. The van der Waals surface area contributed by atoms with Crippen molar-refractivity contribution in [2.45, 2.75) is 32.2 Å². The first-order chi connectivity index (χ1) is 11.0. The van der Waals surface area contributed by atoms with Crippen LogP contribution in [0.3, 0.4) is 0 Å². The largest absolute Gasteiger partial charge is 0.550 e. The Hall–Kier alpha value is -2.04. The summed E-state index contributed by atoms with van der Waals surface area (Å²) in [5, 5.41) is 14.4. The van der Waals surface area contributed by atoms with Crippen LogP contribution in [0.5, 0.6) is 5.75 Å². The number of hydrogen-bond acceptors (Lipinski definition) is 4. The lowest BCUT2D eigenvalue weighted by Crippen LogP contribution is -2.46. The van der Waals surface area contributed by atoms with Crippen LogP contribution in [0, 0.1) is 23.7 Å². The number of nitrogens with one attached hydrogen (secondary N) is 1. The van der Waals surface area contributed by atoms with Gasteiger partial charge in [-0.05, 0) is 55.7 Å². The van der Waals surface area contributed by atoms with Crippen molar-refractivity contribution in [3.63, 3.8) is 0 Å². The number of fused-ring (bicyclic) bond motifs is 2. The predicted molar refractivity (Wildman–Crippen MR) is 82.4 cm³/mol. The fraction of sp³-hybridized carbons (Fsp3) is 0.556. The van der Waals surface area contributed by atoms with E-state index in [2.05, 4.69) is 5.32 Å². The number of benzene rings is 1. The molecule has 0 radical (unpaired) electrons. The lowest BCUT2D eigenvalue weighted by Gasteiger charge is -2.31. The molecule has 3 rings (SSSR count). The molecule has 5 atom stereocenters. The fourth-order valence-corrected chi connectivity index (χ4v) is 4.29. The van der Waals surface area contributed by atoms with E-state index in [9.17, 15) is 14.7 Å². The number of methoxy groups -OCH3 is 1. The van der Waals surface area contributed by atoms with E-state index in [1.165, 1.54) is 0 Å². The Balaban J connectivity index is 1.69. The van der Waals surface area contributed by atoms with Crippen LogP contribution in [-0.2, 0) is 9.59 Å². The van der Waals surface area contributed by atoms with E-state index in [1.807, 2.05) is 31.2 Å². The Labute approximate surface area is 136 Å². The number of aliphatic carboxylic acids is 1. The summed E-state index contributed by atoms with van der Waals surface area (Å²) >= 11 is 0. The number of carboxylic acid groups (broad SMARTS) is 1. The first kappa shape index (κ1) is 15.8. The van der Waals surface area contributed by atoms with Crippen LogP contribution >= 0.6 is 0 Å². The van der Waals surface area contributed by atoms with E-state index in [-0.39, 0.29) is 23.8 Å². The van der Waals surface area contributed by atoms with E-state index in [0.29, 0.717) is 0 Å². The van der Waals surface area contributed by atoms with Crippen molar-refractivity contribution in [3.8, 4) is 5.75 Å². The number of hydrogen-bond donors (Lipinski definition) is 1. The van der Waals surface area contributed by atoms with E-state index < -0.39 is 17.8 Å². The molecule has 2 aliphatic carbocycles. The predicted octanol–water partition coefficient (Wildman–Crippen LogP) is 1.28. The Morgan fingerprint density at radius 1 is 1.17 bits per heavy atom. The van der Waals surface area contributed by atoms with Crippen LogP contribution in [0.4, 0.5) is 0 Å². The van der Waals surface area contributed by atoms with Gasteiger partial charge in [-0.15, -0.1) is 0 Å². The van der Waals surface area contributed by atoms with Gasteiger partial charge < -0.3 is 20.0 Å². The van der Waals surface area contributed by atoms with Gasteiger partial charge in [0.05, 0.1) is 13.2 Å². The molecule has 2 bridgehead atoms. The molecule has 0 spiro atoms. The molecule has 1 N–H and O–H groups in total. The van der Waals surface area contributed by atoms with E-state index in [4.69, 9.17) is 4.74 Å². The summed E-state index contributed by atoms with van der Waals surface area (Å²) in [5.74, 6) is -1.25. The molecule has 2 fully saturated rings. The van der Waals surface area contributed by atoms with Crippen LogP contribution in [0.25, 0.3) is 0 Å². The van der Waals surface area contributed by atoms with Crippen molar-refractivity contribution >= 4 is 11.9 Å². The van der Waals surface area contributed by atoms with E-state index in [0.717, 1.165) is 30.6 Å². The minimum atomic E-state index is -1.07. The van der Waals surface area contributed by atoms with Gasteiger partial charge in [0.15, 0.2) is 0 Å². The molecule has 0 unspecified atom stereocenters. The molecule has 0 saturated heterocycles. The van der Waals surface area contributed by atoms with Gasteiger partial charge in [0.1, 0.15) is 5.75 Å². The SMILES string of the molecule is COc1ccc([C@H](C)NC(=O)[C@@H]2[C@H]3CC[C@@H](C3)[C@@H]2C(=O)[O-])cc1. The van der Waals surface area contributed by atoms with Gasteiger partial charge in [0, 0.05) is 17.8 Å². The summed E-state index contributed by atoms with van der Waals surface area (Å²) in [6, 6.07) is 7.33. The molecule has 1 aromatic carbocycles. The Morgan fingerprint density at radius 2 is 1.78 bits per heavy atom. The fourth-order valence-electron chi connectivity index (χ4n) is 4.29. The molecule has 124 valence electrons. The molecular formula is C18H22NO4-. The van der Waals surface area contributed by atoms with Crippen molar-refractivity contribution in [1.29, 1.82) is 0 Å². The van der Waals surface area contributed by atoms with Crippen LogP contribution < -0.4 is 15.2 Å². The number of amides is 1. The number of carbonyl (C=O) groups is 2. The molecule has 2 aliphatic rings. The summed E-state index contributed by atoms with van der Waals surface area (Å²) in [6.07, 6.45) is 2.69. The van der Waals surface area contributed by atoms with Crippen molar-refractivity contribution in [2.75, 3.05) is 7.11 Å². The highest BCUT2D eigenvalue weighted by atomic mass is 16.5. The highest BCUT2D eigenvalue weighted by Crippen LogP contribution is 2.52. The summed E-state index contributed by atoms with van der Waals surface area (Å²) in [7, 11) is 1.61. The third-order valence-electron chi connectivity index (χ3n) is 5.47. The standard InChI is InChI=1S/C18H23NO4/c1-10(11-5-7-14(23-2)8-6-11)19-17(20)15-12-3-4-13(9-12)16(15)18(21)22/h5-8,10,12-13,15-16H,3-4,9H2,1-2H3,(H,19,20)(H,21,22)/p-1/t10-,12-,13-,15+,16-/m0/s1. The lowest BCUT2D eigenvalue weighted by atomic mass is 9.78. The quantitative estimate of drug-likeness (QED) is 0.888. The highest BCUT2D eigenvalue weighted by molar-refractivity contribution is 5.85. The molecule has 5 heteroatoms. The van der Waals surface area contributed by atoms with Crippen molar-refractivity contribution in [3.05, 3.63) is 29.8 Å². The maximum Gasteiger partial charge on any atom is 0.224 e. The summed E-state index contributed by atoms with van der Waals surface area (Å²) in [6.45, 7) is 1.90. The maximum atomic E-state index is 12.6. The first-order valence-electron chi connectivity index (χ1n) is 8.16. The lowest BCUT2D eigenvalue weighted by molar-refractivity contribution is -0.314. The summed E-state index contributed by atoms with van der Waals surface area (Å²) in [4.78, 5) is 24.1. The van der Waals surface area contributed by atoms with Crippen molar-refractivity contribution < 1.29 is 19.4 Å². The third-order valence-corrected chi connectivity index (χ3v) is 5.47. The molecule has 5 nitrogen and oxygen atoms in total. The molecule has 23 heavy (non-hydrogen) atoms. The van der Waals surface area contributed by atoms with Crippen LogP contribution in [0.1, 0.15) is 37.8 Å². The second kappa shape index (κ2) is 6.22. The molecule has 0 aliphatic heterocycles. The van der Waals surface area contributed by atoms with E-state index >= 15 is 0 Å². The van der Waals surface area contributed by atoms with Crippen LogP contribution in [0.2, 0.25) is 0 Å². The normalized spacial score (nSPS) is 30.0. The number of carboxylic acids is 1. The Morgan fingerprint density at radius 3 is 2.35 bits per heavy atom. The van der Waals surface area contributed by atoms with Crippen LogP contribution in [-0.4, -0.2) is 19.0 Å². The third kappa shape index (κ3) is 2.92. The van der Waals surface area contributed by atoms with Gasteiger partial charge in [-0.3, -0.25) is 4.79 Å². The summed E-state index contributed by atoms with van der Waals surface area (Å²) < 4.78 is 5.13. The molecular weight excluding hydrogens is 294 g/mol. The second-order valence-electron chi connectivity index (χ2n) is 6.71. The zero-order chi connectivity index (χ0) is 16.6. The minimum Gasteiger partial charge on any atom is -0.550 e. The zero-order valence-electron chi connectivity index (χ0n) is 13.5. The first-order valence-corrected chi connectivity index (χ1v) is 8.16. The van der Waals surface area contributed by atoms with Crippen molar-refractivity contribution in [2.24, 2.45) is 23.7 Å². The average Bonchev–Trinajstić information content (AvgIpc) is 3.15. The number of rotatable bonds is 5. The van der Waals surface area contributed by atoms with Gasteiger partial charge in [-0.25, -0.2) is 0 Å². The molecule has 2 saturated carbocycles. The average molecular weight is 316 g/mol. The summed E-state index contributed by atoms with van der Waals surface area (Å²) in [5.41, 5.74) is 0.965. The van der Waals surface area contributed by atoms with Gasteiger partial charge in [-0.2, -0.15) is 0 Å². The minimum absolute atomic E-state index is 0.108. The van der Waals surface area contributed by atoms with Gasteiger partial charge in [0.2, 0.25) is 5.91 Å². The smallest absolute Gasteiger partial charge is 0.224 e. The maximum absolute atomic E-state index is 12.6. The monoisotopic (exact) mass is 316 g/mol. The zero-order valence-corrected chi connectivity index (χ0v) is 13.5. The molecule has 0 heterocycles. The molecule has 0 aromatic heterocycles. The second-order valence-corrected chi connectivity index (χ2v) is 6.71.